The maximum absolute atomic E-state index is 13.4. The molecular weight excluding hydrogens is 394 g/mol. The first-order valence-corrected chi connectivity index (χ1v) is 11.8. The van der Waals surface area contributed by atoms with Gasteiger partial charge in [0.25, 0.3) is 5.56 Å². The van der Waals surface area contributed by atoms with Crippen LogP contribution in [0.25, 0.3) is 21.3 Å². The van der Waals surface area contributed by atoms with Crippen LogP contribution in [0.3, 0.4) is 0 Å². The number of para-hydroxylation sites is 2. The van der Waals surface area contributed by atoms with Crippen LogP contribution in [-0.2, 0) is 32.5 Å². The maximum atomic E-state index is 13.4. The molecular formula is C23H27N5OS. The monoisotopic (exact) mass is 421 g/mol. The largest absolute Gasteiger partial charge is 0.348 e. The first kappa shape index (κ1) is 19.3. The standard InChI is InChI=1S/C23H27N5OS/c1-3-13-28-22(29)20-15-9-5-8-12-18(15)30-21(20)26-23(28)24-14-19-25-16-10-6-7-11-17(16)27(19)4-2/h6-7,10-11H,3-5,8-9,12-14H2,1-2H3,(H,24,26). The van der Waals surface area contributed by atoms with E-state index in [1.54, 1.807) is 11.3 Å². The predicted molar refractivity (Wildman–Crippen MR) is 124 cm³/mol. The Morgan fingerprint density at radius 1 is 1.10 bits per heavy atom. The zero-order valence-corrected chi connectivity index (χ0v) is 18.4. The highest BCUT2D eigenvalue weighted by Crippen LogP contribution is 2.34. The summed E-state index contributed by atoms with van der Waals surface area (Å²) in [5.41, 5.74) is 3.49. The van der Waals surface area contributed by atoms with Crippen molar-refractivity contribution in [2.45, 2.75) is 65.6 Å². The lowest BCUT2D eigenvalue weighted by molar-refractivity contribution is 0.647. The summed E-state index contributed by atoms with van der Waals surface area (Å²) in [5, 5.41) is 4.29. The Balaban J connectivity index is 1.56. The zero-order valence-electron chi connectivity index (χ0n) is 17.6. The van der Waals surface area contributed by atoms with Crippen molar-refractivity contribution in [3.8, 4) is 0 Å². The van der Waals surface area contributed by atoms with E-state index in [4.69, 9.17) is 9.97 Å². The molecule has 7 heteroatoms. The number of aromatic nitrogens is 4. The Bertz CT molecular complexity index is 1280. The number of nitrogens with zero attached hydrogens (tertiary/aromatic N) is 4. The van der Waals surface area contributed by atoms with E-state index in [2.05, 4.69) is 29.8 Å². The molecule has 5 rings (SSSR count). The molecule has 1 N–H and O–H groups in total. The summed E-state index contributed by atoms with van der Waals surface area (Å²) in [6.07, 6.45) is 5.35. The molecule has 4 aromatic rings. The van der Waals surface area contributed by atoms with Crippen molar-refractivity contribution in [1.82, 2.24) is 19.1 Å². The minimum absolute atomic E-state index is 0.104. The van der Waals surface area contributed by atoms with Gasteiger partial charge in [0, 0.05) is 18.0 Å². The number of thiophene rings is 1. The Morgan fingerprint density at radius 3 is 2.77 bits per heavy atom. The van der Waals surface area contributed by atoms with E-state index in [0.29, 0.717) is 19.0 Å². The molecule has 0 amide bonds. The van der Waals surface area contributed by atoms with Crippen LogP contribution in [0.4, 0.5) is 5.95 Å². The average molecular weight is 422 g/mol. The van der Waals surface area contributed by atoms with Crippen molar-refractivity contribution in [2.24, 2.45) is 0 Å². The molecule has 0 bridgehead atoms. The predicted octanol–water partition coefficient (Wildman–Crippen LogP) is 4.73. The highest BCUT2D eigenvalue weighted by molar-refractivity contribution is 7.18. The van der Waals surface area contributed by atoms with Gasteiger partial charge in [0.15, 0.2) is 0 Å². The van der Waals surface area contributed by atoms with E-state index in [1.807, 2.05) is 22.8 Å². The lowest BCUT2D eigenvalue weighted by Crippen LogP contribution is -2.25. The smallest absolute Gasteiger partial charge is 0.263 e. The van der Waals surface area contributed by atoms with Gasteiger partial charge in [-0.25, -0.2) is 9.97 Å². The highest BCUT2D eigenvalue weighted by atomic mass is 32.1. The van der Waals surface area contributed by atoms with Gasteiger partial charge in [-0.05, 0) is 56.7 Å². The summed E-state index contributed by atoms with van der Waals surface area (Å²) in [5.74, 6) is 1.62. The van der Waals surface area contributed by atoms with E-state index >= 15 is 0 Å². The minimum atomic E-state index is 0.104. The Morgan fingerprint density at radius 2 is 1.93 bits per heavy atom. The van der Waals surface area contributed by atoms with Crippen LogP contribution in [0.15, 0.2) is 29.1 Å². The molecule has 0 unspecified atom stereocenters. The van der Waals surface area contributed by atoms with E-state index in [9.17, 15) is 4.79 Å². The molecule has 0 fully saturated rings. The van der Waals surface area contributed by atoms with Gasteiger partial charge in [-0.3, -0.25) is 9.36 Å². The SMILES string of the molecule is CCCn1c(NCc2nc3ccccc3n2CC)nc2sc3c(c2c1=O)CCCC3. The summed E-state index contributed by atoms with van der Waals surface area (Å²) in [4.78, 5) is 25.4. The van der Waals surface area contributed by atoms with Gasteiger partial charge < -0.3 is 9.88 Å². The molecule has 6 nitrogen and oxygen atoms in total. The topological polar surface area (TPSA) is 64.7 Å². The van der Waals surface area contributed by atoms with Crippen LogP contribution in [0.5, 0.6) is 0 Å². The molecule has 30 heavy (non-hydrogen) atoms. The Labute approximate surface area is 179 Å². The molecule has 0 atom stereocenters. The van der Waals surface area contributed by atoms with Crippen molar-refractivity contribution in [1.29, 1.82) is 0 Å². The van der Waals surface area contributed by atoms with Gasteiger partial charge in [0.1, 0.15) is 10.7 Å². The number of benzene rings is 1. The number of nitrogens with one attached hydrogen (secondary N) is 1. The number of rotatable bonds is 6. The molecule has 0 aliphatic heterocycles. The molecule has 3 heterocycles. The van der Waals surface area contributed by atoms with Gasteiger partial charge >= 0.3 is 0 Å². The van der Waals surface area contributed by atoms with Crippen LogP contribution < -0.4 is 10.9 Å². The molecule has 0 saturated heterocycles. The molecule has 1 aliphatic rings. The first-order valence-electron chi connectivity index (χ1n) is 10.9. The third-order valence-electron chi connectivity index (χ3n) is 5.98. The zero-order chi connectivity index (χ0) is 20.7. The fourth-order valence-electron chi connectivity index (χ4n) is 4.58. The Hall–Kier alpha value is -2.67. The van der Waals surface area contributed by atoms with Crippen LogP contribution in [0.2, 0.25) is 0 Å². The summed E-state index contributed by atoms with van der Waals surface area (Å²) in [6, 6.07) is 8.20. The van der Waals surface area contributed by atoms with Crippen molar-refractivity contribution < 1.29 is 0 Å². The molecule has 156 valence electrons. The molecule has 3 aromatic heterocycles. The van der Waals surface area contributed by atoms with E-state index < -0.39 is 0 Å². The highest BCUT2D eigenvalue weighted by Gasteiger charge is 2.22. The van der Waals surface area contributed by atoms with Gasteiger partial charge in [-0.1, -0.05) is 19.1 Å². The van der Waals surface area contributed by atoms with Crippen LogP contribution in [0, 0.1) is 0 Å². The molecule has 1 aromatic carbocycles. The summed E-state index contributed by atoms with van der Waals surface area (Å²) in [6.45, 7) is 6.28. The fraction of sp³-hybridized carbons (Fsp3) is 0.435. The summed E-state index contributed by atoms with van der Waals surface area (Å²) >= 11 is 1.70. The molecule has 0 spiro atoms. The average Bonchev–Trinajstić information content (AvgIpc) is 3.32. The van der Waals surface area contributed by atoms with Gasteiger partial charge in [-0.15, -0.1) is 11.3 Å². The number of aryl methyl sites for hydroxylation is 3. The van der Waals surface area contributed by atoms with E-state index in [-0.39, 0.29) is 5.56 Å². The number of hydrogen-bond donors (Lipinski definition) is 1. The number of anilines is 1. The number of hydrogen-bond acceptors (Lipinski definition) is 5. The van der Waals surface area contributed by atoms with Crippen LogP contribution in [0.1, 0.15) is 49.4 Å². The van der Waals surface area contributed by atoms with Crippen LogP contribution in [-0.4, -0.2) is 19.1 Å². The van der Waals surface area contributed by atoms with Crippen molar-refractivity contribution in [3.63, 3.8) is 0 Å². The van der Waals surface area contributed by atoms with E-state index in [0.717, 1.165) is 52.9 Å². The lowest BCUT2D eigenvalue weighted by atomic mass is 9.97. The second kappa shape index (κ2) is 7.87. The van der Waals surface area contributed by atoms with Gasteiger partial charge in [0.2, 0.25) is 5.95 Å². The van der Waals surface area contributed by atoms with Gasteiger partial charge in [-0.2, -0.15) is 0 Å². The van der Waals surface area contributed by atoms with Crippen molar-refractivity contribution in [3.05, 3.63) is 50.9 Å². The summed E-state index contributed by atoms with van der Waals surface area (Å²) < 4.78 is 4.04. The quantitative estimate of drug-likeness (QED) is 0.489. The summed E-state index contributed by atoms with van der Waals surface area (Å²) in [7, 11) is 0. The van der Waals surface area contributed by atoms with Crippen molar-refractivity contribution in [2.75, 3.05) is 5.32 Å². The second-order valence-corrected chi connectivity index (χ2v) is 8.98. The lowest BCUT2D eigenvalue weighted by Gasteiger charge is -2.14. The molecule has 0 saturated carbocycles. The minimum Gasteiger partial charge on any atom is -0.348 e. The second-order valence-electron chi connectivity index (χ2n) is 7.90. The maximum Gasteiger partial charge on any atom is 0.263 e. The normalized spacial score (nSPS) is 13.8. The fourth-order valence-corrected chi connectivity index (χ4v) is 5.83. The molecule has 1 aliphatic carbocycles. The first-order chi connectivity index (χ1) is 14.7. The third-order valence-corrected chi connectivity index (χ3v) is 7.16. The number of fused-ring (bicyclic) bond motifs is 4. The van der Waals surface area contributed by atoms with Gasteiger partial charge in [0.05, 0.1) is 23.0 Å². The van der Waals surface area contributed by atoms with Crippen LogP contribution >= 0.6 is 11.3 Å². The van der Waals surface area contributed by atoms with Crippen molar-refractivity contribution >= 4 is 38.5 Å². The number of imidazole rings is 1. The Kier molecular flexibility index (Phi) is 5.06. The third kappa shape index (κ3) is 3.12. The molecule has 0 radical (unpaired) electrons. The van der Waals surface area contributed by atoms with E-state index in [1.165, 1.54) is 23.3 Å².